The number of aryl methyl sites for hydroxylation is 2. The van der Waals surface area contributed by atoms with Crippen molar-refractivity contribution in [2.45, 2.75) is 27.2 Å². The van der Waals surface area contributed by atoms with Crippen LogP contribution in [0.2, 0.25) is 5.02 Å². The molecule has 2 amide bonds. The first kappa shape index (κ1) is 20.5. The number of nitrogens with one attached hydrogen (secondary N) is 2. The number of rotatable bonds is 6. The fraction of sp³-hybridized carbons (Fsp3) is 0.238. The molecular weight excluding hydrogens is 390 g/mol. The highest BCUT2D eigenvalue weighted by Crippen LogP contribution is 2.20. The number of hydrogen-bond acceptors (Lipinski definition) is 4. The Balaban J connectivity index is 1.83. The summed E-state index contributed by atoms with van der Waals surface area (Å²) in [4.78, 5) is 29.3. The third-order valence-electron chi connectivity index (χ3n) is 4.19. The van der Waals surface area contributed by atoms with Gasteiger partial charge in [0.1, 0.15) is 5.69 Å². The molecule has 0 saturated carbocycles. The van der Waals surface area contributed by atoms with Gasteiger partial charge < -0.3 is 10.6 Å². The van der Waals surface area contributed by atoms with Crippen LogP contribution >= 0.6 is 11.6 Å². The normalized spacial score (nSPS) is 10.6. The molecule has 7 nitrogen and oxygen atoms in total. The van der Waals surface area contributed by atoms with Crippen LogP contribution in [0.15, 0.2) is 42.5 Å². The molecule has 0 saturated heterocycles. The van der Waals surface area contributed by atoms with Gasteiger partial charge in [0.15, 0.2) is 5.82 Å². The van der Waals surface area contributed by atoms with Crippen molar-refractivity contribution >= 4 is 29.1 Å². The zero-order chi connectivity index (χ0) is 21.0. The minimum atomic E-state index is -0.468. The second-order valence-electron chi connectivity index (χ2n) is 6.63. The van der Waals surface area contributed by atoms with Crippen LogP contribution in [0.5, 0.6) is 0 Å². The zero-order valence-electron chi connectivity index (χ0n) is 16.5. The summed E-state index contributed by atoms with van der Waals surface area (Å²) in [6.07, 6.45) is 0.845. The number of aromatic nitrogens is 3. The van der Waals surface area contributed by atoms with Crippen molar-refractivity contribution in [3.05, 3.63) is 70.1 Å². The average molecular weight is 412 g/mol. The van der Waals surface area contributed by atoms with E-state index in [1.165, 1.54) is 0 Å². The molecule has 2 heterocycles. The highest BCUT2D eigenvalue weighted by atomic mass is 35.5. The van der Waals surface area contributed by atoms with Crippen molar-refractivity contribution in [2.24, 2.45) is 0 Å². The molecule has 1 aromatic carbocycles. The van der Waals surface area contributed by atoms with E-state index in [9.17, 15) is 9.59 Å². The van der Waals surface area contributed by atoms with E-state index in [0.717, 1.165) is 17.8 Å². The summed E-state index contributed by atoms with van der Waals surface area (Å²) < 4.78 is 1.65. The molecule has 2 aromatic heterocycles. The second-order valence-corrected chi connectivity index (χ2v) is 7.04. The lowest BCUT2D eigenvalue weighted by molar-refractivity contribution is 0.0952. The quantitative estimate of drug-likeness (QED) is 0.643. The molecule has 8 heteroatoms. The molecule has 2 N–H and O–H groups in total. The number of nitrogens with zero attached hydrogens (tertiary/aromatic N) is 3. The number of pyridine rings is 1. The minimum absolute atomic E-state index is 0.0811. The predicted octanol–water partition coefficient (Wildman–Crippen LogP) is 3.93. The van der Waals surface area contributed by atoms with E-state index in [4.69, 9.17) is 11.6 Å². The molecule has 29 heavy (non-hydrogen) atoms. The van der Waals surface area contributed by atoms with Crippen molar-refractivity contribution in [3.8, 4) is 5.82 Å². The van der Waals surface area contributed by atoms with E-state index in [0.29, 0.717) is 23.6 Å². The number of carbonyl (C=O) groups is 2. The Morgan fingerprint density at radius 3 is 2.59 bits per heavy atom. The standard InChI is InChI=1S/C21H22ClN5O2/c1-4-10-23-20(28)15-6-5-7-16(12-15)24-21(29)19-17(22)8-9-18(25-19)27-14(3)11-13(2)26-27/h5-9,11-12H,4,10H2,1-3H3,(H,23,28)(H,24,29). The van der Waals surface area contributed by atoms with Crippen molar-refractivity contribution in [3.63, 3.8) is 0 Å². The number of anilines is 1. The molecule has 0 aliphatic heterocycles. The van der Waals surface area contributed by atoms with Gasteiger partial charge in [0.25, 0.3) is 11.8 Å². The van der Waals surface area contributed by atoms with Crippen molar-refractivity contribution in [1.29, 1.82) is 0 Å². The zero-order valence-corrected chi connectivity index (χ0v) is 17.2. The third kappa shape index (κ3) is 4.81. The van der Waals surface area contributed by atoms with Gasteiger partial charge in [-0.1, -0.05) is 24.6 Å². The molecule has 0 fully saturated rings. The molecular formula is C21H22ClN5O2. The first-order valence-corrected chi connectivity index (χ1v) is 9.66. The Morgan fingerprint density at radius 2 is 1.90 bits per heavy atom. The fourth-order valence-electron chi connectivity index (χ4n) is 2.84. The Morgan fingerprint density at radius 1 is 1.10 bits per heavy atom. The number of halogens is 1. The first-order chi connectivity index (χ1) is 13.9. The molecule has 0 aliphatic carbocycles. The summed E-state index contributed by atoms with van der Waals surface area (Å²) in [5, 5.41) is 10.2. The molecule has 0 atom stereocenters. The molecule has 3 rings (SSSR count). The lowest BCUT2D eigenvalue weighted by Gasteiger charge is -2.10. The topological polar surface area (TPSA) is 88.9 Å². The van der Waals surface area contributed by atoms with E-state index >= 15 is 0 Å². The highest BCUT2D eigenvalue weighted by molar-refractivity contribution is 6.34. The van der Waals surface area contributed by atoms with Crippen LogP contribution in [0, 0.1) is 13.8 Å². The van der Waals surface area contributed by atoms with Gasteiger partial charge in [-0.2, -0.15) is 5.10 Å². The lowest BCUT2D eigenvalue weighted by atomic mass is 10.2. The first-order valence-electron chi connectivity index (χ1n) is 9.29. The van der Waals surface area contributed by atoms with Crippen molar-refractivity contribution in [1.82, 2.24) is 20.1 Å². The van der Waals surface area contributed by atoms with Gasteiger partial charge in [-0.15, -0.1) is 0 Å². The summed E-state index contributed by atoms with van der Waals surface area (Å²) in [5.74, 6) is -0.159. The monoisotopic (exact) mass is 411 g/mol. The Kier molecular flexibility index (Phi) is 6.29. The van der Waals surface area contributed by atoms with E-state index in [-0.39, 0.29) is 16.6 Å². The van der Waals surface area contributed by atoms with Gasteiger partial charge in [0, 0.05) is 23.5 Å². The van der Waals surface area contributed by atoms with Crippen LogP contribution < -0.4 is 10.6 Å². The summed E-state index contributed by atoms with van der Waals surface area (Å²) in [7, 11) is 0. The predicted molar refractivity (Wildman–Crippen MR) is 113 cm³/mol. The Labute approximate surface area is 174 Å². The van der Waals surface area contributed by atoms with E-state index < -0.39 is 5.91 Å². The van der Waals surface area contributed by atoms with E-state index in [2.05, 4.69) is 20.7 Å². The number of benzene rings is 1. The number of hydrogen-bond donors (Lipinski definition) is 2. The molecule has 0 unspecified atom stereocenters. The Bertz CT molecular complexity index is 1060. The van der Waals surface area contributed by atoms with Gasteiger partial charge in [0.2, 0.25) is 0 Å². The average Bonchev–Trinajstić information content (AvgIpc) is 3.04. The van der Waals surface area contributed by atoms with Crippen LogP contribution in [-0.4, -0.2) is 33.1 Å². The van der Waals surface area contributed by atoms with Gasteiger partial charge >= 0.3 is 0 Å². The molecule has 0 radical (unpaired) electrons. The Hall–Kier alpha value is -3.19. The third-order valence-corrected chi connectivity index (χ3v) is 4.50. The van der Waals surface area contributed by atoms with Gasteiger partial charge in [-0.25, -0.2) is 9.67 Å². The van der Waals surface area contributed by atoms with E-state index in [1.54, 1.807) is 41.1 Å². The summed E-state index contributed by atoms with van der Waals surface area (Å²) in [6, 6.07) is 12.0. The molecule has 0 bridgehead atoms. The van der Waals surface area contributed by atoms with E-state index in [1.807, 2.05) is 26.8 Å². The van der Waals surface area contributed by atoms with Crippen LogP contribution in [-0.2, 0) is 0 Å². The lowest BCUT2D eigenvalue weighted by Crippen LogP contribution is -2.24. The van der Waals surface area contributed by atoms with Crippen LogP contribution in [0.4, 0.5) is 5.69 Å². The SMILES string of the molecule is CCCNC(=O)c1cccc(NC(=O)c2nc(-n3nc(C)cc3C)ccc2Cl)c1. The maximum absolute atomic E-state index is 12.8. The van der Waals surface area contributed by atoms with Gasteiger partial charge in [-0.05, 0) is 56.7 Å². The maximum Gasteiger partial charge on any atom is 0.275 e. The molecule has 150 valence electrons. The fourth-order valence-corrected chi connectivity index (χ4v) is 3.03. The van der Waals surface area contributed by atoms with Crippen molar-refractivity contribution < 1.29 is 9.59 Å². The van der Waals surface area contributed by atoms with Crippen LogP contribution in [0.25, 0.3) is 5.82 Å². The number of amides is 2. The second kappa shape index (κ2) is 8.87. The van der Waals surface area contributed by atoms with Crippen LogP contribution in [0.3, 0.4) is 0 Å². The van der Waals surface area contributed by atoms with Gasteiger partial charge in [0.05, 0.1) is 10.7 Å². The minimum Gasteiger partial charge on any atom is -0.352 e. The van der Waals surface area contributed by atoms with Gasteiger partial charge in [-0.3, -0.25) is 9.59 Å². The maximum atomic E-state index is 12.8. The number of carbonyl (C=O) groups excluding carboxylic acids is 2. The molecule has 0 aliphatic rings. The van der Waals surface area contributed by atoms with Crippen LogP contribution in [0.1, 0.15) is 45.6 Å². The molecule has 0 spiro atoms. The summed E-state index contributed by atoms with van der Waals surface area (Å²) in [6.45, 7) is 6.36. The molecule has 3 aromatic rings. The smallest absolute Gasteiger partial charge is 0.275 e. The summed E-state index contributed by atoms with van der Waals surface area (Å²) >= 11 is 6.21. The van der Waals surface area contributed by atoms with Crippen molar-refractivity contribution in [2.75, 3.05) is 11.9 Å². The largest absolute Gasteiger partial charge is 0.352 e. The summed E-state index contributed by atoms with van der Waals surface area (Å²) in [5.41, 5.74) is 2.77. The highest BCUT2D eigenvalue weighted by Gasteiger charge is 2.16.